The second kappa shape index (κ2) is 7.73. The van der Waals surface area contributed by atoms with Gasteiger partial charge in [0.25, 0.3) is 5.91 Å². The molecule has 0 saturated heterocycles. The van der Waals surface area contributed by atoms with E-state index in [9.17, 15) is 4.79 Å². The molecule has 0 bridgehead atoms. The third-order valence-electron chi connectivity index (χ3n) is 3.06. The van der Waals surface area contributed by atoms with E-state index in [0.717, 1.165) is 14.5 Å². The summed E-state index contributed by atoms with van der Waals surface area (Å²) >= 11 is 6.84. The van der Waals surface area contributed by atoms with Crippen LogP contribution >= 0.6 is 31.9 Å². The van der Waals surface area contributed by atoms with Crippen LogP contribution in [0.5, 0.6) is 0 Å². The Labute approximate surface area is 141 Å². The highest BCUT2D eigenvalue weighted by molar-refractivity contribution is 9.11. The van der Waals surface area contributed by atoms with E-state index < -0.39 is 0 Å². The maximum Gasteiger partial charge on any atom is 0.255 e. The van der Waals surface area contributed by atoms with Gasteiger partial charge in [-0.3, -0.25) is 4.79 Å². The number of nitrogens with zero attached hydrogens (tertiary/aromatic N) is 1. The second-order valence-corrected chi connectivity index (χ2v) is 6.40. The summed E-state index contributed by atoms with van der Waals surface area (Å²) in [6.07, 6.45) is 0. The van der Waals surface area contributed by atoms with Crippen LogP contribution in [0.4, 0.5) is 0 Å². The highest BCUT2D eigenvalue weighted by Gasteiger charge is 2.18. The molecule has 0 aliphatic heterocycles. The molecular formula is C16H16Br2N2O. The average molecular weight is 412 g/mol. The Hall–Kier alpha value is -1.17. The molecule has 0 fully saturated rings. The van der Waals surface area contributed by atoms with Crippen molar-refractivity contribution in [3.05, 3.63) is 68.6 Å². The third-order valence-corrected chi connectivity index (χ3v) is 4.25. The number of hydrogen-bond donors (Lipinski definition) is 1. The highest BCUT2D eigenvalue weighted by atomic mass is 79.9. The quantitative estimate of drug-likeness (QED) is 0.812. The first kappa shape index (κ1) is 16.2. The largest absolute Gasteiger partial charge is 0.333 e. The fraction of sp³-hybridized carbons (Fsp3) is 0.188. The number of amides is 1. The van der Waals surface area contributed by atoms with Gasteiger partial charge in [0.05, 0.1) is 5.56 Å². The predicted molar refractivity (Wildman–Crippen MR) is 92.1 cm³/mol. The number of nitrogens with two attached hydrogens (primary N) is 1. The molecule has 2 rings (SSSR count). The number of halogens is 2. The van der Waals surface area contributed by atoms with Gasteiger partial charge in [-0.25, -0.2) is 0 Å². The molecule has 0 unspecified atom stereocenters. The van der Waals surface area contributed by atoms with Crippen molar-refractivity contribution in [3.8, 4) is 0 Å². The van der Waals surface area contributed by atoms with Gasteiger partial charge in [0.1, 0.15) is 0 Å². The molecule has 0 spiro atoms. The van der Waals surface area contributed by atoms with E-state index >= 15 is 0 Å². The van der Waals surface area contributed by atoms with Crippen molar-refractivity contribution >= 4 is 37.8 Å². The van der Waals surface area contributed by atoms with Crippen LogP contribution in [0.1, 0.15) is 15.9 Å². The lowest BCUT2D eigenvalue weighted by molar-refractivity contribution is 0.0747. The van der Waals surface area contributed by atoms with Crippen molar-refractivity contribution in [1.82, 2.24) is 4.90 Å². The molecule has 2 aromatic rings. The molecule has 2 aromatic carbocycles. The Morgan fingerprint density at radius 3 is 2.48 bits per heavy atom. The Kier molecular flexibility index (Phi) is 5.96. The molecule has 0 saturated carbocycles. The molecule has 110 valence electrons. The van der Waals surface area contributed by atoms with Crippen molar-refractivity contribution < 1.29 is 4.79 Å². The van der Waals surface area contributed by atoms with Gasteiger partial charge in [-0.2, -0.15) is 0 Å². The summed E-state index contributed by atoms with van der Waals surface area (Å²) in [6, 6.07) is 15.5. The second-order valence-electron chi connectivity index (χ2n) is 4.63. The van der Waals surface area contributed by atoms with E-state index in [1.165, 1.54) is 0 Å². The minimum Gasteiger partial charge on any atom is -0.333 e. The van der Waals surface area contributed by atoms with Crippen LogP contribution in [0.3, 0.4) is 0 Å². The molecule has 1 amide bonds. The average Bonchev–Trinajstić information content (AvgIpc) is 2.49. The Balaban J connectivity index is 2.25. The molecule has 0 atom stereocenters. The summed E-state index contributed by atoms with van der Waals surface area (Å²) in [5.41, 5.74) is 7.37. The van der Waals surface area contributed by atoms with E-state index in [4.69, 9.17) is 5.73 Å². The van der Waals surface area contributed by atoms with E-state index in [1.807, 2.05) is 48.5 Å². The normalized spacial score (nSPS) is 10.4. The molecule has 0 aliphatic carbocycles. The molecular weight excluding hydrogens is 396 g/mol. The summed E-state index contributed by atoms with van der Waals surface area (Å²) in [6.45, 7) is 1.51. The fourth-order valence-corrected chi connectivity index (χ4v) is 2.82. The van der Waals surface area contributed by atoms with Crippen molar-refractivity contribution in [2.45, 2.75) is 6.54 Å². The maximum atomic E-state index is 12.7. The Morgan fingerprint density at radius 2 is 1.81 bits per heavy atom. The van der Waals surface area contributed by atoms with Crippen LogP contribution < -0.4 is 5.73 Å². The fourth-order valence-electron chi connectivity index (χ4n) is 2.04. The van der Waals surface area contributed by atoms with Gasteiger partial charge in [0.2, 0.25) is 0 Å². The molecule has 0 heterocycles. The van der Waals surface area contributed by atoms with Crippen molar-refractivity contribution in [2.24, 2.45) is 5.73 Å². The molecule has 0 aliphatic rings. The lowest BCUT2D eigenvalue weighted by atomic mass is 10.1. The molecule has 2 N–H and O–H groups in total. The topological polar surface area (TPSA) is 46.3 Å². The van der Waals surface area contributed by atoms with Gasteiger partial charge in [-0.1, -0.05) is 46.3 Å². The third kappa shape index (κ3) is 4.40. The minimum absolute atomic E-state index is 0.0301. The Bertz CT molecular complexity index is 617. The zero-order valence-electron chi connectivity index (χ0n) is 11.4. The summed E-state index contributed by atoms with van der Waals surface area (Å²) in [7, 11) is 0. The summed E-state index contributed by atoms with van der Waals surface area (Å²) < 4.78 is 1.66. The van der Waals surface area contributed by atoms with Gasteiger partial charge < -0.3 is 10.6 Å². The van der Waals surface area contributed by atoms with Gasteiger partial charge in [-0.15, -0.1) is 0 Å². The SMILES string of the molecule is NCCN(Cc1ccccc1)C(=O)c1cc(Br)ccc1Br. The predicted octanol–water partition coefficient (Wildman–Crippen LogP) is 3.81. The molecule has 5 heteroatoms. The van der Waals surface area contributed by atoms with Crippen LogP contribution in [0.2, 0.25) is 0 Å². The minimum atomic E-state index is -0.0301. The van der Waals surface area contributed by atoms with E-state index in [2.05, 4.69) is 31.9 Å². The zero-order valence-corrected chi connectivity index (χ0v) is 14.6. The number of benzene rings is 2. The van der Waals surface area contributed by atoms with Gasteiger partial charge >= 0.3 is 0 Å². The maximum absolute atomic E-state index is 12.7. The Morgan fingerprint density at radius 1 is 1.10 bits per heavy atom. The van der Waals surface area contributed by atoms with E-state index in [0.29, 0.717) is 25.2 Å². The van der Waals surface area contributed by atoms with Crippen molar-refractivity contribution in [2.75, 3.05) is 13.1 Å². The van der Waals surface area contributed by atoms with Gasteiger partial charge in [0.15, 0.2) is 0 Å². The van der Waals surface area contributed by atoms with Crippen LogP contribution in [0, 0.1) is 0 Å². The smallest absolute Gasteiger partial charge is 0.255 e. The monoisotopic (exact) mass is 410 g/mol. The first-order valence-electron chi connectivity index (χ1n) is 6.60. The molecule has 3 nitrogen and oxygen atoms in total. The van der Waals surface area contributed by atoms with Gasteiger partial charge in [-0.05, 0) is 39.7 Å². The molecule has 0 aromatic heterocycles. The number of carbonyl (C=O) groups is 1. The van der Waals surface area contributed by atoms with Crippen LogP contribution in [-0.2, 0) is 6.54 Å². The standard InChI is InChI=1S/C16H16Br2N2O/c17-13-6-7-15(18)14(10-13)16(21)20(9-8-19)11-12-4-2-1-3-5-12/h1-7,10H,8-9,11,19H2. The number of carbonyl (C=O) groups excluding carboxylic acids is 1. The number of rotatable bonds is 5. The van der Waals surface area contributed by atoms with Crippen LogP contribution in [0.15, 0.2) is 57.5 Å². The van der Waals surface area contributed by atoms with Crippen molar-refractivity contribution in [1.29, 1.82) is 0 Å². The van der Waals surface area contributed by atoms with Crippen LogP contribution in [0.25, 0.3) is 0 Å². The summed E-state index contributed by atoms with van der Waals surface area (Å²) in [4.78, 5) is 14.5. The number of hydrogen-bond acceptors (Lipinski definition) is 2. The van der Waals surface area contributed by atoms with Gasteiger partial charge in [0, 0.05) is 28.6 Å². The highest BCUT2D eigenvalue weighted by Crippen LogP contribution is 2.23. The lowest BCUT2D eigenvalue weighted by Crippen LogP contribution is -2.35. The van der Waals surface area contributed by atoms with E-state index in [1.54, 1.807) is 4.90 Å². The molecule has 0 radical (unpaired) electrons. The first-order valence-corrected chi connectivity index (χ1v) is 8.18. The van der Waals surface area contributed by atoms with E-state index in [-0.39, 0.29) is 5.91 Å². The van der Waals surface area contributed by atoms with Crippen LogP contribution in [-0.4, -0.2) is 23.9 Å². The zero-order chi connectivity index (χ0) is 15.2. The first-order chi connectivity index (χ1) is 10.1. The summed E-state index contributed by atoms with van der Waals surface area (Å²) in [5, 5.41) is 0. The molecule has 21 heavy (non-hydrogen) atoms. The van der Waals surface area contributed by atoms with Crippen molar-refractivity contribution in [3.63, 3.8) is 0 Å². The lowest BCUT2D eigenvalue weighted by Gasteiger charge is -2.23. The summed E-state index contributed by atoms with van der Waals surface area (Å²) in [5.74, 6) is -0.0301.